The minimum absolute atomic E-state index is 0.314. The predicted octanol–water partition coefficient (Wildman–Crippen LogP) is 3.84. The van der Waals surface area contributed by atoms with E-state index >= 15 is 0 Å². The van der Waals surface area contributed by atoms with Crippen LogP contribution in [0, 0.1) is 0 Å². The van der Waals surface area contributed by atoms with Crippen molar-refractivity contribution < 1.29 is 9.53 Å². The van der Waals surface area contributed by atoms with Crippen molar-refractivity contribution in [2.45, 2.75) is 0 Å². The van der Waals surface area contributed by atoms with Gasteiger partial charge in [-0.1, -0.05) is 27.5 Å². The van der Waals surface area contributed by atoms with Crippen molar-refractivity contribution in [3.8, 4) is 5.75 Å². The number of carbonyl (C=O) groups excluding carboxylic acids is 1. The van der Waals surface area contributed by atoms with Gasteiger partial charge in [0.15, 0.2) is 0 Å². The second kappa shape index (κ2) is 4.12. The zero-order valence-corrected chi connectivity index (χ0v) is 8.78. The molecule has 0 spiro atoms. The Morgan fingerprint density at radius 2 is 2.08 bits per heavy atom. The van der Waals surface area contributed by atoms with Crippen LogP contribution in [0.4, 0.5) is 4.79 Å². The Hall–Kier alpha value is -0.250. The third-order valence-electron chi connectivity index (χ3n) is 1.03. The van der Waals surface area contributed by atoms with Gasteiger partial charge in [-0.25, -0.2) is 4.79 Å². The SMILES string of the molecule is O=C(Cl)Oc1cc(Cl)cc(Br)c1. The lowest BCUT2D eigenvalue weighted by Gasteiger charge is -2.00. The summed E-state index contributed by atoms with van der Waals surface area (Å²) in [5.74, 6) is 0.314. The molecule has 1 aromatic carbocycles. The van der Waals surface area contributed by atoms with E-state index in [4.69, 9.17) is 23.2 Å². The van der Waals surface area contributed by atoms with E-state index < -0.39 is 5.43 Å². The summed E-state index contributed by atoms with van der Waals surface area (Å²) in [6, 6.07) is 4.76. The summed E-state index contributed by atoms with van der Waals surface area (Å²) >= 11 is 13.9. The second-order valence-corrected chi connectivity index (χ2v) is 3.61. The molecular weight excluding hydrogens is 267 g/mol. The molecule has 1 rings (SSSR count). The quantitative estimate of drug-likeness (QED) is 0.724. The van der Waals surface area contributed by atoms with Crippen LogP contribution < -0.4 is 4.74 Å². The van der Waals surface area contributed by atoms with Crippen molar-refractivity contribution in [1.29, 1.82) is 0 Å². The van der Waals surface area contributed by atoms with Crippen molar-refractivity contribution >= 4 is 44.6 Å². The predicted molar refractivity (Wildman–Crippen MR) is 51.0 cm³/mol. The summed E-state index contributed by atoms with van der Waals surface area (Å²) in [5.41, 5.74) is -0.885. The lowest BCUT2D eigenvalue weighted by molar-refractivity contribution is 0.225. The van der Waals surface area contributed by atoms with E-state index in [-0.39, 0.29) is 0 Å². The van der Waals surface area contributed by atoms with Crippen LogP contribution in [0.3, 0.4) is 0 Å². The summed E-state index contributed by atoms with van der Waals surface area (Å²) < 4.78 is 5.31. The highest BCUT2D eigenvalue weighted by atomic mass is 79.9. The molecule has 0 bridgehead atoms. The van der Waals surface area contributed by atoms with Gasteiger partial charge in [-0.2, -0.15) is 0 Å². The van der Waals surface area contributed by atoms with E-state index in [0.717, 1.165) is 4.47 Å². The lowest BCUT2D eigenvalue weighted by atomic mass is 10.3. The van der Waals surface area contributed by atoms with Crippen LogP contribution in [0.1, 0.15) is 0 Å². The smallest absolute Gasteiger partial charge is 0.409 e. The Bertz CT molecular complexity index is 294. The van der Waals surface area contributed by atoms with E-state index in [1.165, 1.54) is 6.07 Å². The van der Waals surface area contributed by atoms with Crippen molar-refractivity contribution in [3.63, 3.8) is 0 Å². The van der Waals surface area contributed by atoms with Crippen LogP contribution in [-0.2, 0) is 0 Å². The maximum Gasteiger partial charge on any atom is 0.409 e. The molecule has 0 aliphatic carbocycles. The van der Waals surface area contributed by atoms with E-state index in [1.54, 1.807) is 12.1 Å². The first-order valence-corrected chi connectivity index (χ1v) is 4.46. The Morgan fingerprint density at radius 1 is 1.42 bits per heavy atom. The number of benzene rings is 1. The molecule has 0 saturated heterocycles. The fraction of sp³-hybridized carbons (Fsp3) is 0. The molecule has 1 aromatic rings. The zero-order valence-electron chi connectivity index (χ0n) is 5.68. The van der Waals surface area contributed by atoms with E-state index in [2.05, 4.69) is 20.7 Å². The number of rotatable bonds is 1. The first-order chi connectivity index (χ1) is 5.58. The van der Waals surface area contributed by atoms with E-state index in [0.29, 0.717) is 10.8 Å². The second-order valence-electron chi connectivity index (χ2n) is 1.94. The number of ether oxygens (including phenoxy) is 1. The van der Waals surface area contributed by atoms with Gasteiger partial charge >= 0.3 is 5.43 Å². The van der Waals surface area contributed by atoms with Gasteiger partial charge in [-0.05, 0) is 18.2 Å². The van der Waals surface area contributed by atoms with Gasteiger partial charge in [-0.15, -0.1) is 0 Å². The molecule has 12 heavy (non-hydrogen) atoms. The van der Waals surface area contributed by atoms with Crippen LogP contribution in [0.25, 0.3) is 0 Å². The average molecular weight is 270 g/mol. The first kappa shape index (κ1) is 9.84. The highest BCUT2D eigenvalue weighted by molar-refractivity contribution is 9.10. The standard InChI is InChI=1S/C7H3BrCl2O2/c8-4-1-5(9)3-6(2-4)12-7(10)11/h1-3H. The first-order valence-electron chi connectivity index (χ1n) is 2.91. The van der Waals surface area contributed by atoms with Crippen molar-refractivity contribution in [2.24, 2.45) is 0 Å². The molecule has 0 aliphatic rings. The highest BCUT2D eigenvalue weighted by Gasteiger charge is 2.02. The zero-order chi connectivity index (χ0) is 9.14. The molecule has 0 fully saturated rings. The normalized spacial score (nSPS) is 9.58. The minimum Gasteiger partial charge on any atom is -0.414 e. The Labute approximate surface area is 87.5 Å². The molecule has 0 atom stereocenters. The lowest BCUT2D eigenvalue weighted by Crippen LogP contribution is -1.95. The maximum atomic E-state index is 10.3. The number of halogens is 3. The molecule has 0 aliphatic heterocycles. The highest BCUT2D eigenvalue weighted by Crippen LogP contribution is 2.24. The maximum absolute atomic E-state index is 10.3. The average Bonchev–Trinajstić information content (AvgIpc) is 1.81. The van der Waals surface area contributed by atoms with Gasteiger partial charge in [0.05, 0.1) is 0 Å². The molecule has 0 heterocycles. The summed E-state index contributed by atoms with van der Waals surface area (Å²) in [6.45, 7) is 0. The Morgan fingerprint density at radius 3 is 2.58 bits per heavy atom. The third-order valence-corrected chi connectivity index (χ3v) is 1.79. The van der Waals surface area contributed by atoms with Crippen molar-refractivity contribution in [1.82, 2.24) is 0 Å². The van der Waals surface area contributed by atoms with Crippen LogP contribution in [0.15, 0.2) is 22.7 Å². The third kappa shape index (κ3) is 3.01. The van der Waals surface area contributed by atoms with Crippen LogP contribution in [0.5, 0.6) is 5.75 Å². The van der Waals surface area contributed by atoms with Crippen LogP contribution in [-0.4, -0.2) is 5.43 Å². The largest absolute Gasteiger partial charge is 0.414 e. The summed E-state index contributed by atoms with van der Waals surface area (Å²) in [5, 5.41) is 0.470. The van der Waals surface area contributed by atoms with Gasteiger partial charge in [0.25, 0.3) is 0 Å². The summed E-state index contributed by atoms with van der Waals surface area (Å²) in [4.78, 5) is 10.3. The molecule has 0 aromatic heterocycles. The Balaban J connectivity index is 2.93. The fourth-order valence-electron chi connectivity index (χ4n) is 0.680. The van der Waals surface area contributed by atoms with Crippen molar-refractivity contribution in [2.75, 3.05) is 0 Å². The molecule has 0 unspecified atom stereocenters. The molecule has 5 heteroatoms. The molecule has 2 nitrogen and oxygen atoms in total. The van der Waals surface area contributed by atoms with Crippen molar-refractivity contribution in [3.05, 3.63) is 27.7 Å². The van der Waals surface area contributed by atoms with Gasteiger partial charge < -0.3 is 4.74 Å². The van der Waals surface area contributed by atoms with Gasteiger partial charge in [0, 0.05) is 21.1 Å². The molecule has 0 amide bonds. The van der Waals surface area contributed by atoms with E-state index in [9.17, 15) is 4.79 Å². The van der Waals surface area contributed by atoms with Gasteiger partial charge in [0.1, 0.15) is 5.75 Å². The molecule has 0 N–H and O–H groups in total. The van der Waals surface area contributed by atoms with E-state index in [1.807, 2.05) is 0 Å². The minimum atomic E-state index is -0.885. The molecule has 0 radical (unpaired) electrons. The molecule has 0 saturated carbocycles. The molecular formula is C7H3BrCl2O2. The summed E-state index contributed by atoms with van der Waals surface area (Å²) in [6.07, 6.45) is 0. The van der Waals surface area contributed by atoms with Gasteiger partial charge in [0.2, 0.25) is 0 Å². The number of carbonyl (C=O) groups is 1. The fourth-order valence-corrected chi connectivity index (χ4v) is 1.60. The monoisotopic (exact) mass is 268 g/mol. The summed E-state index contributed by atoms with van der Waals surface area (Å²) in [7, 11) is 0. The number of hydrogen-bond acceptors (Lipinski definition) is 2. The van der Waals surface area contributed by atoms with Gasteiger partial charge in [-0.3, -0.25) is 0 Å². The topological polar surface area (TPSA) is 26.3 Å². The number of hydrogen-bond donors (Lipinski definition) is 0. The Kier molecular flexibility index (Phi) is 3.38. The van der Waals surface area contributed by atoms with Crippen LogP contribution >= 0.6 is 39.1 Å². The van der Waals surface area contributed by atoms with Crippen LogP contribution in [0.2, 0.25) is 5.02 Å². The molecule has 64 valence electrons.